The van der Waals surface area contributed by atoms with Gasteiger partial charge in [0.1, 0.15) is 6.61 Å². The van der Waals surface area contributed by atoms with E-state index in [1.807, 2.05) is 43.3 Å². The predicted octanol–water partition coefficient (Wildman–Crippen LogP) is 5.51. The molecule has 2 bridgehead atoms. The molecule has 10 heteroatoms. The van der Waals surface area contributed by atoms with Crippen LogP contribution in [0.3, 0.4) is 0 Å². The molecule has 1 saturated carbocycles. The van der Waals surface area contributed by atoms with Gasteiger partial charge in [-0.05, 0) is 84.7 Å². The van der Waals surface area contributed by atoms with Gasteiger partial charge in [0.05, 0.1) is 24.0 Å². The summed E-state index contributed by atoms with van der Waals surface area (Å²) in [5, 5.41) is 8.97. The molecule has 0 unspecified atom stereocenters. The molecule has 10 nitrogen and oxygen atoms in total. The van der Waals surface area contributed by atoms with E-state index >= 15 is 0 Å². The number of carbonyl (C=O) groups is 3. The number of fused-ring (bicyclic) bond motifs is 4. The van der Waals surface area contributed by atoms with E-state index in [1.54, 1.807) is 18.3 Å². The van der Waals surface area contributed by atoms with Gasteiger partial charge in [-0.1, -0.05) is 25.5 Å². The molecular formula is C33H39N5O5. The first-order chi connectivity index (χ1) is 20.9. The van der Waals surface area contributed by atoms with Crippen LogP contribution in [0.2, 0.25) is 0 Å². The Hall–Kier alpha value is -4.28. The van der Waals surface area contributed by atoms with Gasteiger partial charge in [0.15, 0.2) is 0 Å². The summed E-state index contributed by atoms with van der Waals surface area (Å²) in [4.78, 5) is 43.6. The summed E-state index contributed by atoms with van der Waals surface area (Å²) in [5.41, 5.74) is 12.2. The fourth-order valence-corrected chi connectivity index (χ4v) is 5.40. The number of nitrogens with zero attached hydrogens (tertiary/aromatic N) is 1. The highest BCUT2D eigenvalue weighted by Gasteiger charge is 2.27. The summed E-state index contributed by atoms with van der Waals surface area (Å²) in [6.45, 7) is 2.76. The molecular weight excluding hydrogens is 546 g/mol. The fourth-order valence-electron chi connectivity index (χ4n) is 5.40. The number of ether oxygens (including phenoxy) is 2. The Bertz CT molecular complexity index is 1490. The van der Waals surface area contributed by atoms with E-state index in [1.165, 1.54) is 12.7 Å². The Labute approximate surface area is 251 Å². The average Bonchev–Trinajstić information content (AvgIpc) is 3.86. The number of nitrogens with two attached hydrogens (primary N) is 1. The van der Waals surface area contributed by atoms with Crippen LogP contribution < -0.4 is 21.7 Å². The first-order valence-corrected chi connectivity index (χ1v) is 14.8. The highest BCUT2D eigenvalue weighted by molar-refractivity contribution is 5.98. The summed E-state index contributed by atoms with van der Waals surface area (Å²) < 4.78 is 10.0. The van der Waals surface area contributed by atoms with E-state index < -0.39 is 6.09 Å². The van der Waals surface area contributed by atoms with E-state index in [0.717, 1.165) is 35.2 Å². The highest BCUT2D eigenvalue weighted by Crippen LogP contribution is 2.42. The van der Waals surface area contributed by atoms with Gasteiger partial charge in [-0.3, -0.25) is 19.9 Å². The lowest BCUT2D eigenvalue weighted by Crippen LogP contribution is -2.30. The molecule has 226 valence electrons. The number of carbonyl (C=O) groups excluding carboxylic acids is 3. The molecule has 0 spiro atoms. The average molecular weight is 586 g/mol. The zero-order valence-electron chi connectivity index (χ0n) is 24.7. The normalized spacial score (nSPS) is 18.3. The number of methoxy groups -OCH3 is 1. The summed E-state index contributed by atoms with van der Waals surface area (Å²) in [6.07, 6.45) is 5.33. The van der Waals surface area contributed by atoms with E-state index in [4.69, 9.17) is 15.2 Å². The summed E-state index contributed by atoms with van der Waals surface area (Å²) >= 11 is 0. The standard InChI is InChI=1S/C33H39N5O5/c1-20-4-3-5-28(37-32(40)23-8-9-24(19-34)27(16-23)21-6-7-21)30-17-22(12-13-35-30)26-11-10-25(18-29(26)38-31(20)39)36-33(41)43-15-14-42-2/h8-13,16-18,20-21,28H,3-7,14-15,19,34H2,1-2H3,(H,36,41)(H,37,40)(H,38,39)/t20-,28-/m0/s1. The van der Waals surface area contributed by atoms with Crippen molar-refractivity contribution in [2.75, 3.05) is 31.0 Å². The largest absolute Gasteiger partial charge is 0.447 e. The van der Waals surface area contributed by atoms with Crippen LogP contribution in [0.25, 0.3) is 11.1 Å². The third-order valence-electron chi connectivity index (χ3n) is 8.02. The minimum atomic E-state index is -0.614. The molecule has 43 heavy (non-hydrogen) atoms. The summed E-state index contributed by atoms with van der Waals surface area (Å²) in [6, 6.07) is 14.5. The molecule has 0 saturated heterocycles. The van der Waals surface area contributed by atoms with E-state index in [2.05, 4.69) is 20.9 Å². The molecule has 2 heterocycles. The van der Waals surface area contributed by atoms with Crippen LogP contribution in [0.5, 0.6) is 0 Å². The van der Waals surface area contributed by atoms with Crippen molar-refractivity contribution in [1.82, 2.24) is 10.3 Å². The molecule has 1 aliphatic heterocycles. The number of hydrogen-bond acceptors (Lipinski definition) is 7. The zero-order chi connectivity index (χ0) is 30.3. The Morgan fingerprint density at radius 2 is 1.88 bits per heavy atom. The molecule has 5 N–H and O–H groups in total. The Kier molecular flexibility index (Phi) is 9.68. The third-order valence-corrected chi connectivity index (χ3v) is 8.02. The number of pyridine rings is 1. The SMILES string of the molecule is COCCOC(=O)Nc1ccc2c(c1)NC(=O)[C@@H](C)CCC[C@H](NC(=O)c1ccc(CN)c(C3CC3)c1)c1cc-2ccn1. The Balaban J connectivity index is 1.43. The van der Waals surface area contributed by atoms with Crippen molar-refractivity contribution in [3.63, 3.8) is 0 Å². The third kappa shape index (κ3) is 7.57. The number of hydrogen-bond donors (Lipinski definition) is 4. The number of nitrogens with one attached hydrogen (secondary N) is 3. The molecule has 2 atom stereocenters. The Morgan fingerprint density at radius 3 is 2.65 bits per heavy atom. The Morgan fingerprint density at radius 1 is 1.05 bits per heavy atom. The lowest BCUT2D eigenvalue weighted by Gasteiger charge is -2.23. The van der Waals surface area contributed by atoms with Crippen molar-refractivity contribution in [1.29, 1.82) is 0 Å². The van der Waals surface area contributed by atoms with Gasteiger partial charge in [0.25, 0.3) is 5.91 Å². The van der Waals surface area contributed by atoms with E-state index in [9.17, 15) is 14.4 Å². The van der Waals surface area contributed by atoms with Crippen molar-refractivity contribution in [2.45, 2.75) is 57.5 Å². The van der Waals surface area contributed by atoms with Crippen LogP contribution in [0, 0.1) is 5.92 Å². The molecule has 3 amide bonds. The van der Waals surface area contributed by atoms with Crippen LogP contribution >= 0.6 is 0 Å². The van der Waals surface area contributed by atoms with Crippen LogP contribution in [0.1, 0.15) is 78.2 Å². The molecule has 2 aliphatic rings. The molecule has 2 aromatic carbocycles. The zero-order valence-corrected chi connectivity index (χ0v) is 24.7. The van der Waals surface area contributed by atoms with Crippen LogP contribution in [0.4, 0.5) is 16.2 Å². The smallest absolute Gasteiger partial charge is 0.411 e. The van der Waals surface area contributed by atoms with Crippen molar-refractivity contribution in [2.24, 2.45) is 11.7 Å². The minimum absolute atomic E-state index is 0.121. The monoisotopic (exact) mass is 585 g/mol. The second-order valence-corrected chi connectivity index (χ2v) is 11.2. The minimum Gasteiger partial charge on any atom is -0.447 e. The number of amides is 3. The van der Waals surface area contributed by atoms with E-state index in [-0.39, 0.29) is 30.4 Å². The molecule has 1 aromatic heterocycles. The maximum atomic E-state index is 13.5. The molecule has 0 radical (unpaired) electrons. The second-order valence-electron chi connectivity index (χ2n) is 11.2. The first kappa shape index (κ1) is 30.2. The van der Waals surface area contributed by atoms with Crippen molar-refractivity contribution < 1.29 is 23.9 Å². The lowest BCUT2D eigenvalue weighted by atomic mass is 9.95. The van der Waals surface area contributed by atoms with Crippen LogP contribution in [0.15, 0.2) is 54.7 Å². The lowest BCUT2D eigenvalue weighted by molar-refractivity contribution is -0.119. The number of aromatic nitrogens is 1. The number of benzene rings is 2. The first-order valence-electron chi connectivity index (χ1n) is 14.8. The van der Waals surface area contributed by atoms with Gasteiger partial charge in [0, 0.05) is 42.6 Å². The molecule has 3 aromatic rings. The van der Waals surface area contributed by atoms with Crippen LogP contribution in [-0.4, -0.2) is 43.2 Å². The topological polar surface area (TPSA) is 145 Å². The van der Waals surface area contributed by atoms with Gasteiger partial charge < -0.3 is 25.8 Å². The quantitative estimate of drug-likeness (QED) is 0.255. The number of rotatable bonds is 8. The van der Waals surface area contributed by atoms with Gasteiger partial charge in [-0.15, -0.1) is 0 Å². The van der Waals surface area contributed by atoms with Crippen LogP contribution in [-0.2, 0) is 20.8 Å². The van der Waals surface area contributed by atoms with E-state index in [0.29, 0.717) is 55.3 Å². The molecule has 1 fully saturated rings. The number of anilines is 2. The van der Waals surface area contributed by atoms with Crippen molar-refractivity contribution >= 4 is 29.3 Å². The van der Waals surface area contributed by atoms with Crippen molar-refractivity contribution in [3.05, 3.63) is 77.1 Å². The maximum Gasteiger partial charge on any atom is 0.411 e. The molecule has 5 rings (SSSR count). The highest BCUT2D eigenvalue weighted by atomic mass is 16.6. The van der Waals surface area contributed by atoms with Gasteiger partial charge in [-0.25, -0.2) is 4.79 Å². The second kappa shape index (κ2) is 13.8. The van der Waals surface area contributed by atoms with Gasteiger partial charge >= 0.3 is 6.09 Å². The fraction of sp³-hybridized carbons (Fsp3) is 0.394. The van der Waals surface area contributed by atoms with Gasteiger partial charge in [0.2, 0.25) is 5.91 Å². The summed E-state index contributed by atoms with van der Waals surface area (Å²) in [7, 11) is 1.53. The summed E-state index contributed by atoms with van der Waals surface area (Å²) in [5.74, 6) is -0.0654. The molecule has 1 aliphatic carbocycles. The van der Waals surface area contributed by atoms with Crippen molar-refractivity contribution in [3.8, 4) is 11.1 Å². The maximum absolute atomic E-state index is 13.5. The van der Waals surface area contributed by atoms with Gasteiger partial charge in [-0.2, -0.15) is 0 Å². The predicted molar refractivity (Wildman–Crippen MR) is 165 cm³/mol.